The van der Waals surface area contributed by atoms with Crippen molar-refractivity contribution in [1.29, 1.82) is 0 Å². The number of halogens is 2. The third-order valence-corrected chi connectivity index (χ3v) is 4.47. The lowest BCUT2D eigenvalue weighted by molar-refractivity contribution is -0.123. The van der Waals surface area contributed by atoms with E-state index >= 15 is 0 Å². The van der Waals surface area contributed by atoms with Gasteiger partial charge in [-0.15, -0.1) is 0 Å². The van der Waals surface area contributed by atoms with Crippen LogP contribution >= 0.6 is 23.2 Å². The minimum Gasteiger partial charge on any atom is -0.350 e. The number of benzene rings is 2. The van der Waals surface area contributed by atoms with Crippen molar-refractivity contribution in [2.75, 3.05) is 6.54 Å². The fourth-order valence-electron chi connectivity index (χ4n) is 2.41. The van der Waals surface area contributed by atoms with Crippen LogP contribution in [-0.4, -0.2) is 24.5 Å². The molecule has 24 heavy (non-hydrogen) atoms. The van der Waals surface area contributed by atoms with Crippen LogP contribution in [0.25, 0.3) is 0 Å². The van der Waals surface area contributed by atoms with Crippen LogP contribution in [0.4, 0.5) is 0 Å². The molecule has 0 aromatic heterocycles. The highest BCUT2D eigenvalue weighted by Crippen LogP contribution is 2.23. The molecular weight excluding hydrogens is 345 g/mol. The summed E-state index contributed by atoms with van der Waals surface area (Å²) in [6.45, 7) is 0.310. The summed E-state index contributed by atoms with van der Waals surface area (Å²) in [5.41, 5.74) is 13.8. The smallest absolute Gasteiger partial charge is 0.237 e. The van der Waals surface area contributed by atoms with Crippen LogP contribution in [-0.2, 0) is 17.6 Å². The lowest BCUT2D eigenvalue weighted by Gasteiger charge is -2.20. The molecule has 0 radical (unpaired) electrons. The molecule has 0 bridgehead atoms. The van der Waals surface area contributed by atoms with Crippen LogP contribution in [0, 0.1) is 0 Å². The maximum atomic E-state index is 12.3. The molecule has 2 aromatic carbocycles. The van der Waals surface area contributed by atoms with E-state index in [0.717, 1.165) is 11.1 Å². The Balaban J connectivity index is 1.93. The minimum absolute atomic E-state index is 0.212. The highest BCUT2D eigenvalue weighted by Gasteiger charge is 2.18. The van der Waals surface area contributed by atoms with Gasteiger partial charge in [0.1, 0.15) is 0 Å². The molecule has 0 aliphatic heterocycles. The molecule has 2 aromatic rings. The van der Waals surface area contributed by atoms with Gasteiger partial charge < -0.3 is 16.8 Å². The Morgan fingerprint density at radius 3 is 2.33 bits per heavy atom. The third-order valence-electron chi connectivity index (χ3n) is 3.73. The molecule has 0 heterocycles. The van der Waals surface area contributed by atoms with Crippen molar-refractivity contribution in [2.24, 2.45) is 11.5 Å². The van der Waals surface area contributed by atoms with E-state index in [2.05, 4.69) is 5.32 Å². The summed E-state index contributed by atoms with van der Waals surface area (Å²) in [6.07, 6.45) is 1.05. The molecule has 0 unspecified atom stereocenters. The van der Waals surface area contributed by atoms with Gasteiger partial charge in [-0.25, -0.2) is 0 Å². The number of nitrogens with two attached hydrogens (primary N) is 2. The first-order valence-electron chi connectivity index (χ1n) is 7.73. The summed E-state index contributed by atoms with van der Waals surface area (Å²) in [7, 11) is 0. The average molecular weight is 366 g/mol. The van der Waals surface area contributed by atoms with E-state index in [4.69, 9.17) is 34.7 Å². The summed E-state index contributed by atoms with van der Waals surface area (Å²) in [5.74, 6) is -0.214. The quantitative estimate of drug-likeness (QED) is 0.705. The molecule has 4 nitrogen and oxygen atoms in total. The van der Waals surface area contributed by atoms with Gasteiger partial charge in [-0.05, 0) is 36.1 Å². The number of rotatable bonds is 7. The summed E-state index contributed by atoms with van der Waals surface area (Å²) in [4.78, 5) is 12.3. The van der Waals surface area contributed by atoms with Gasteiger partial charge in [-0.3, -0.25) is 4.79 Å². The normalized spacial score (nSPS) is 13.3. The van der Waals surface area contributed by atoms with Gasteiger partial charge in [0, 0.05) is 12.6 Å². The number of carbonyl (C=O) groups excluding carboxylic acids is 1. The van der Waals surface area contributed by atoms with Gasteiger partial charge in [0.05, 0.1) is 16.1 Å². The van der Waals surface area contributed by atoms with Crippen molar-refractivity contribution in [3.8, 4) is 0 Å². The van der Waals surface area contributed by atoms with E-state index in [9.17, 15) is 4.79 Å². The standard InChI is InChI=1S/C18H21Cl2N3O/c19-15-7-6-13(9-16(15)20)8-14(11-21)23-18(24)17(22)10-12-4-2-1-3-5-12/h1-7,9,14,17H,8,10-11,21-22H2,(H,23,24)/t14-,17+/m1/s1. The van der Waals surface area contributed by atoms with Crippen LogP contribution in [0.15, 0.2) is 48.5 Å². The largest absolute Gasteiger partial charge is 0.350 e. The second kappa shape index (κ2) is 9.04. The van der Waals surface area contributed by atoms with E-state index < -0.39 is 6.04 Å². The Labute approximate surface area is 152 Å². The molecule has 0 saturated carbocycles. The molecule has 0 spiro atoms. The van der Waals surface area contributed by atoms with E-state index in [1.807, 2.05) is 36.4 Å². The first-order valence-corrected chi connectivity index (χ1v) is 8.49. The predicted octanol–water partition coefficient (Wildman–Crippen LogP) is 2.55. The zero-order valence-electron chi connectivity index (χ0n) is 13.2. The maximum absolute atomic E-state index is 12.3. The van der Waals surface area contributed by atoms with Gasteiger partial charge >= 0.3 is 0 Å². The lowest BCUT2D eigenvalue weighted by atomic mass is 10.0. The Morgan fingerprint density at radius 2 is 1.71 bits per heavy atom. The summed E-state index contributed by atoms with van der Waals surface area (Å²) >= 11 is 11.9. The molecule has 0 aliphatic rings. The topological polar surface area (TPSA) is 81.1 Å². The zero-order chi connectivity index (χ0) is 17.5. The van der Waals surface area contributed by atoms with E-state index in [0.29, 0.717) is 29.4 Å². The molecule has 0 fully saturated rings. The fourth-order valence-corrected chi connectivity index (χ4v) is 2.73. The Bertz CT molecular complexity index is 679. The van der Waals surface area contributed by atoms with E-state index in [-0.39, 0.29) is 11.9 Å². The first-order chi connectivity index (χ1) is 11.5. The van der Waals surface area contributed by atoms with Gasteiger partial charge in [0.15, 0.2) is 0 Å². The van der Waals surface area contributed by atoms with Crippen LogP contribution < -0.4 is 16.8 Å². The number of hydrogen-bond donors (Lipinski definition) is 3. The van der Waals surface area contributed by atoms with Crippen LogP contribution in [0.1, 0.15) is 11.1 Å². The van der Waals surface area contributed by atoms with Gasteiger partial charge in [0.25, 0.3) is 0 Å². The maximum Gasteiger partial charge on any atom is 0.237 e. The highest BCUT2D eigenvalue weighted by molar-refractivity contribution is 6.42. The molecule has 2 atom stereocenters. The van der Waals surface area contributed by atoms with Crippen molar-refractivity contribution in [2.45, 2.75) is 24.9 Å². The number of nitrogens with one attached hydrogen (secondary N) is 1. The van der Waals surface area contributed by atoms with Gasteiger partial charge in [-0.2, -0.15) is 0 Å². The molecule has 2 rings (SSSR count). The molecular formula is C18H21Cl2N3O. The van der Waals surface area contributed by atoms with Crippen molar-refractivity contribution >= 4 is 29.1 Å². The van der Waals surface area contributed by atoms with Crippen molar-refractivity contribution in [1.82, 2.24) is 5.32 Å². The number of carbonyl (C=O) groups is 1. The molecule has 5 N–H and O–H groups in total. The van der Waals surface area contributed by atoms with Gasteiger partial charge in [-0.1, -0.05) is 59.6 Å². The minimum atomic E-state index is -0.616. The molecule has 128 valence electrons. The SMILES string of the molecule is NC[C@@H](Cc1ccc(Cl)c(Cl)c1)NC(=O)[C@@H](N)Cc1ccccc1. The van der Waals surface area contributed by atoms with Crippen molar-refractivity contribution < 1.29 is 4.79 Å². The molecule has 1 amide bonds. The van der Waals surface area contributed by atoms with E-state index in [1.54, 1.807) is 12.1 Å². The first kappa shape index (κ1) is 18.7. The average Bonchev–Trinajstić information content (AvgIpc) is 2.58. The van der Waals surface area contributed by atoms with Gasteiger partial charge in [0.2, 0.25) is 5.91 Å². The summed E-state index contributed by atoms with van der Waals surface area (Å²) < 4.78 is 0. The second-order valence-electron chi connectivity index (χ2n) is 5.69. The number of amides is 1. The zero-order valence-corrected chi connectivity index (χ0v) is 14.7. The predicted molar refractivity (Wildman–Crippen MR) is 99.3 cm³/mol. The van der Waals surface area contributed by atoms with Crippen LogP contribution in [0.5, 0.6) is 0 Å². The Morgan fingerprint density at radius 1 is 1.00 bits per heavy atom. The van der Waals surface area contributed by atoms with E-state index in [1.165, 1.54) is 0 Å². The molecule has 6 heteroatoms. The highest BCUT2D eigenvalue weighted by atomic mass is 35.5. The van der Waals surface area contributed by atoms with Crippen molar-refractivity contribution in [3.05, 3.63) is 69.7 Å². The van der Waals surface area contributed by atoms with Crippen molar-refractivity contribution in [3.63, 3.8) is 0 Å². The third kappa shape index (κ3) is 5.49. The Hall–Kier alpha value is -1.59. The summed E-state index contributed by atoms with van der Waals surface area (Å²) in [6, 6.07) is 14.2. The lowest BCUT2D eigenvalue weighted by Crippen LogP contribution is -2.49. The monoisotopic (exact) mass is 365 g/mol. The van der Waals surface area contributed by atoms with Crippen LogP contribution in [0.2, 0.25) is 10.0 Å². The fraction of sp³-hybridized carbons (Fsp3) is 0.278. The summed E-state index contributed by atoms with van der Waals surface area (Å²) in [5, 5.41) is 3.89. The van der Waals surface area contributed by atoms with Crippen LogP contribution in [0.3, 0.4) is 0 Å². The molecule has 0 aliphatic carbocycles. The second-order valence-corrected chi connectivity index (χ2v) is 6.50. The Kier molecular flexibility index (Phi) is 7.06. The number of hydrogen-bond acceptors (Lipinski definition) is 3. The molecule has 0 saturated heterocycles.